The molecule has 1 fully saturated rings. The third-order valence-corrected chi connectivity index (χ3v) is 5.32. The van der Waals surface area contributed by atoms with E-state index in [1.54, 1.807) is 0 Å². The van der Waals surface area contributed by atoms with E-state index < -0.39 is 0 Å². The Labute approximate surface area is 173 Å². The van der Waals surface area contributed by atoms with Gasteiger partial charge in [0, 0.05) is 67.9 Å². The molecule has 4 heterocycles. The highest BCUT2D eigenvalue weighted by Crippen LogP contribution is 2.27. The quantitative estimate of drug-likeness (QED) is 0.753. The first-order chi connectivity index (χ1) is 14.0. The molecular weight excluding hydrogens is 362 g/mol. The van der Waals surface area contributed by atoms with Crippen molar-refractivity contribution in [1.82, 2.24) is 14.9 Å². The molecule has 0 aliphatic carbocycles. The van der Waals surface area contributed by atoms with Gasteiger partial charge in [-0.05, 0) is 31.9 Å². The molecule has 0 atom stereocenters. The van der Waals surface area contributed by atoms with Gasteiger partial charge in [0.15, 0.2) is 0 Å². The van der Waals surface area contributed by atoms with Crippen LogP contribution in [0.2, 0.25) is 0 Å². The summed E-state index contributed by atoms with van der Waals surface area (Å²) in [6, 6.07) is 6.25. The Bertz CT molecular complexity index is 885. The van der Waals surface area contributed by atoms with Gasteiger partial charge in [0.25, 0.3) is 0 Å². The van der Waals surface area contributed by atoms with Gasteiger partial charge in [-0.25, -0.2) is 9.97 Å². The minimum atomic E-state index is 0.101. The van der Waals surface area contributed by atoms with Crippen molar-refractivity contribution >= 4 is 11.5 Å². The van der Waals surface area contributed by atoms with E-state index in [1.165, 1.54) is 6.54 Å². The van der Waals surface area contributed by atoms with Crippen LogP contribution in [0.25, 0.3) is 0 Å². The Kier molecular flexibility index (Phi) is 5.81. The van der Waals surface area contributed by atoms with E-state index in [1.807, 2.05) is 32.3 Å². The van der Waals surface area contributed by atoms with E-state index in [0.717, 1.165) is 54.4 Å². The Morgan fingerprint density at radius 3 is 2.55 bits per heavy atom. The lowest BCUT2D eigenvalue weighted by atomic mass is 10.0. The normalized spacial score (nSPS) is 17.0. The van der Waals surface area contributed by atoms with Crippen LogP contribution in [0.5, 0.6) is 5.88 Å². The molecule has 0 bridgehead atoms. The summed E-state index contributed by atoms with van der Waals surface area (Å²) in [5.74, 6) is 2.40. The summed E-state index contributed by atoms with van der Waals surface area (Å²) in [6.07, 6.45) is 3.89. The van der Waals surface area contributed by atoms with Crippen LogP contribution in [0.4, 0.5) is 5.82 Å². The summed E-state index contributed by atoms with van der Waals surface area (Å²) in [7, 11) is 0. The van der Waals surface area contributed by atoms with Crippen LogP contribution in [0.15, 0.2) is 35.6 Å². The molecule has 0 radical (unpaired) electrons. The van der Waals surface area contributed by atoms with Gasteiger partial charge in [0.1, 0.15) is 5.82 Å². The first-order valence-corrected chi connectivity index (χ1v) is 10.6. The van der Waals surface area contributed by atoms with E-state index in [9.17, 15) is 0 Å². The number of aromatic nitrogens is 2. The number of anilines is 1. The molecule has 4 rings (SSSR count). The fourth-order valence-corrected chi connectivity index (χ4v) is 4.03. The molecule has 1 saturated heterocycles. The summed E-state index contributed by atoms with van der Waals surface area (Å²) in [4.78, 5) is 18.8. The van der Waals surface area contributed by atoms with Gasteiger partial charge in [0.05, 0.1) is 18.4 Å². The largest absolute Gasteiger partial charge is 0.475 e. The van der Waals surface area contributed by atoms with Crippen LogP contribution in [-0.2, 0) is 6.54 Å². The number of ether oxygens (including phenoxy) is 1. The van der Waals surface area contributed by atoms with Crippen LogP contribution in [0.1, 0.15) is 44.4 Å². The highest BCUT2D eigenvalue weighted by atomic mass is 16.5. The average Bonchev–Trinajstić information content (AvgIpc) is 3.11. The van der Waals surface area contributed by atoms with Crippen molar-refractivity contribution in [2.75, 3.05) is 37.6 Å². The fraction of sp³-hybridized carbons (Fsp3) is 0.522. The van der Waals surface area contributed by atoms with Crippen LogP contribution in [0, 0.1) is 5.92 Å². The Morgan fingerprint density at radius 2 is 1.83 bits per heavy atom. The molecule has 154 valence electrons. The predicted molar refractivity (Wildman–Crippen MR) is 117 cm³/mol. The van der Waals surface area contributed by atoms with Crippen molar-refractivity contribution < 1.29 is 4.74 Å². The summed E-state index contributed by atoms with van der Waals surface area (Å²) in [5.41, 5.74) is 4.39. The number of hydrogen-bond acceptors (Lipinski definition) is 6. The number of hydrogen-bond donors (Lipinski definition) is 0. The van der Waals surface area contributed by atoms with Gasteiger partial charge < -0.3 is 9.64 Å². The first-order valence-electron chi connectivity index (χ1n) is 10.6. The van der Waals surface area contributed by atoms with Gasteiger partial charge in [-0.2, -0.15) is 0 Å². The molecule has 0 aromatic carbocycles. The molecule has 6 heteroatoms. The van der Waals surface area contributed by atoms with Crippen molar-refractivity contribution in [2.24, 2.45) is 10.9 Å². The van der Waals surface area contributed by atoms with E-state index in [2.05, 4.69) is 45.7 Å². The third kappa shape index (κ3) is 4.58. The zero-order valence-corrected chi connectivity index (χ0v) is 17.9. The molecule has 6 nitrogen and oxygen atoms in total. The van der Waals surface area contributed by atoms with Crippen LogP contribution >= 0.6 is 0 Å². The molecule has 0 amide bonds. The summed E-state index contributed by atoms with van der Waals surface area (Å²) < 4.78 is 5.79. The summed E-state index contributed by atoms with van der Waals surface area (Å²) >= 11 is 0. The average molecular weight is 394 g/mol. The topological polar surface area (TPSA) is 53.9 Å². The van der Waals surface area contributed by atoms with Gasteiger partial charge in [-0.3, -0.25) is 9.89 Å². The zero-order chi connectivity index (χ0) is 20.4. The fourth-order valence-electron chi connectivity index (χ4n) is 4.03. The van der Waals surface area contributed by atoms with Crippen molar-refractivity contribution in [1.29, 1.82) is 0 Å². The Hall–Kier alpha value is -2.47. The lowest BCUT2D eigenvalue weighted by Crippen LogP contribution is -2.47. The maximum atomic E-state index is 5.79. The SMILES string of the molecule is CC(C)CN1CCN(c2cc(C3=NCc4cnc(OC(C)C)cc43)ccn2)CC1. The first kappa shape index (κ1) is 19.8. The molecule has 2 aliphatic heterocycles. The van der Waals surface area contributed by atoms with Crippen LogP contribution < -0.4 is 9.64 Å². The van der Waals surface area contributed by atoms with Gasteiger partial charge in [-0.1, -0.05) is 13.8 Å². The standard InChI is InChI=1S/C23H31N5O/c1-16(2)15-27-7-9-28(10-8-27)21-11-18(5-6-24-21)23-20-12-22(29-17(3)4)25-13-19(20)14-26-23/h5-6,11-13,16-17H,7-10,14-15H2,1-4H3. The third-order valence-electron chi connectivity index (χ3n) is 5.32. The lowest BCUT2D eigenvalue weighted by molar-refractivity contribution is 0.231. The predicted octanol–water partition coefficient (Wildman–Crippen LogP) is 3.39. The maximum absolute atomic E-state index is 5.79. The molecule has 2 aliphatic rings. The molecule has 29 heavy (non-hydrogen) atoms. The van der Waals surface area contributed by atoms with E-state index in [-0.39, 0.29) is 6.10 Å². The Balaban J connectivity index is 1.51. The molecule has 0 N–H and O–H groups in total. The number of fused-ring (bicyclic) bond motifs is 1. The highest BCUT2D eigenvalue weighted by Gasteiger charge is 2.22. The van der Waals surface area contributed by atoms with Crippen molar-refractivity contribution in [3.05, 3.63) is 47.3 Å². The Morgan fingerprint density at radius 1 is 1.03 bits per heavy atom. The number of aliphatic imine (C=N–C) groups is 1. The molecule has 0 spiro atoms. The minimum absolute atomic E-state index is 0.101. The number of rotatable bonds is 6. The summed E-state index contributed by atoms with van der Waals surface area (Å²) in [6.45, 7) is 14.7. The van der Waals surface area contributed by atoms with E-state index in [0.29, 0.717) is 18.3 Å². The second kappa shape index (κ2) is 8.49. The smallest absolute Gasteiger partial charge is 0.214 e. The molecule has 0 unspecified atom stereocenters. The van der Waals surface area contributed by atoms with Crippen molar-refractivity contribution in [3.63, 3.8) is 0 Å². The minimum Gasteiger partial charge on any atom is -0.475 e. The van der Waals surface area contributed by atoms with Gasteiger partial charge >= 0.3 is 0 Å². The second-order valence-corrected chi connectivity index (χ2v) is 8.60. The van der Waals surface area contributed by atoms with Crippen LogP contribution in [-0.4, -0.2) is 59.4 Å². The number of nitrogens with zero attached hydrogens (tertiary/aromatic N) is 5. The van der Waals surface area contributed by atoms with Gasteiger partial charge in [0.2, 0.25) is 5.88 Å². The van der Waals surface area contributed by atoms with Gasteiger partial charge in [-0.15, -0.1) is 0 Å². The zero-order valence-electron chi connectivity index (χ0n) is 17.9. The monoisotopic (exact) mass is 393 g/mol. The van der Waals surface area contributed by atoms with Crippen molar-refractivity contribution in [3.8, 4) is 5.88 Å². The van der Waals surface area contributed by atoms with E-state index in [4.69, 9.17) is 9.73 Å². The number of piperazine rings is 1. The second-order valence-electron chi connectivity index (χ2n) is 8.60. The molecule has 2 aromatic heterocycles. The highest BCUT2D eigenvalue weighted by molar-refractivity contribution is 6.15. The number of pyridine rings is 2. The van der Waals surface area contributed by atoms with Crippen LogP contribution in [0.3, 0.4) is 0 Å². The maximum Gasteiger partial charge on any atom is 0.214 e. The molecular formula is C23H31N5O. The molecule has 0 saturated carbocycles. The molecule has 2 aromatic rings. The van der Waals surface area contributed by atoms with E-state index >= 15 is 0 Å². The van der Waals surface area contributed by atoms with Crippen molar-refractivity contribution in [2.45, 2.75) is 40.3 Å². The lowest BCUT2D eigenvalue weighted by Gasteiger charge is -2.36. The summed E-state index contributed by atoms with van der Waals surface area (Å²) in [5, 5.41) is 0.